The summed E-state index contributed by atoms with van der Waals surface area (Å²) in [5, 5.41) is 3.36. The molecule has 2 rings (SSSR count). The van der Waals surface area contributed by atoms with E-state index in [2.05, 4.69) is 29.6 Å². The van der Waals surface area contributed by atoms with Gasteiger partial charge in [-0.1, -0.05) is 18.2 Å². The molecule has 15 heavy (non-hydrogen) atoms. The Kier molecular flexibility index (Phi) is 4.29. The molecule has 0 atom stereocenters. The van der Waals surface area contributed by atoms with Gasteiger partial charge in [0.15, 0.2) is 0 Å². The van der Waals surface area contributed by atoms with Gasteiger partial charge in [-0.05, 0) is 24.5 Å². The van der Waals surface area contributed by atoms with Crippen LogP contribution >= 0.6 is 7.82 Å². The van der Waals surface area contributed by atoms with Gasteiger partial charge in [-0.25, -0.2) is 4.57 Å². The number of nitrogens with one attached hydrogen (secondary N) is 1. The second-order valence-corrected chi connectivity index (χ2v) is 4.23. The van der Waals surface area contributed by atoms with Crippen LogP contribution in [-0.4, -0.2) is 21.2 Å². The quantitative estimate of drug-likeness (QED) is 0.502. The summed E-state index contributed by atoms with van der Waals surface area (Å²) in [7, 11) is -4.64. The summed E-state index contributed by atoms with van der Waals surface area (Å²) < 4.78 is 8.88. The lowest BCUT2D eigenvalue weighted by Crippen LogP contribution is -2.10. The van der Waals surface area contributed by atoms with Crippen LogP contribution in [0.2, 0.25) is 0 Å². The summed E-state index contributed by atoms with van der Waals surface area (Å²) in [6.45, 7) is 1.14. The van der Waals surface area contributed by atoms with E-state index in [0.717, 1.165) is 6.54 Å². The molecule has 1 heterocycles. The molecule has 0 saturated carbocycles. The summed E-state index contributed by atoms with van der Waals surface area (Å²) in [6.07, 6.45) is 2.51. The number of para-hydroxylation sites is 1. The summed E-state index contributed by atoms with van der Waals surface area (Å²) in [5.74, 6) is 0. The van der Waals surface area contributed by atoms with Crippen LogP contribution in [0.5, 0.6) is 0 Å². The molecule has 0 radical (unpaired) electrons. The third-order valence-electron chi connectivity index (χ3n) is 1.96. The summed E-state index contributed by atoms with van der Waals surface area (Å²) >= 11 is 0. The zero-order chi connectivity index (χ0) is 11.3. The molecule has 0 saturated heterocycles. The highest BCUT2D eigenvalue weighted by Crippen LogP contribution is 2.25. The molecule has 0 aromatic heterocycles. The van der Waals surface area contributed by atoms with E-state index < -0.39 is 7.82 Å². The van der Waals surface area contributed by atoms with Crippen molar-refractivity contribution in [2.45, 2.75) is 12.8 Å². The Balaban J connectivity index is 0.000000195. The number of rotatable bonds is 0. The molecular formula is C9H14NO4P. The topological polar surface area (TPSA) is 89.8 Å². The van der Waals surface area contributed by atoms with Crippen LogP contribution in [-0.2, 0) is 11.0 Å². The van der Waals surface area contributed by atoms with Gasteiger partial charge < -0.3 is 20.0 Å². The van der Waals surface area contributed by atoms with Crippen molar-refractivity contribution in [2.24, 2.45) is 0 Å². The molecule has 1 aliphatic rings. The number of benzene rings is 1. The smallest absolute Gasteiger partial charge is 0.385 e. The van der Waals surface area contributed by atoms with Crippen LogP contribution in [0.15, 0.2) is 24.3 Å². The SMILES string of the molecule is O=P(O)(O)O.c1ccc2c(c1)CCCN2. The van der Waals surface area contributed by atoms with Crippen LogP contribution in [0.25, 0.3) is 0 Å². The van der Waals surface area contributed by atoms with Crippen molar-refractivity contribution in [3.8, 4) is 0 Å². The van der Waals surface area contributed by atoms with Gasteiger partial charge in [0.05, 0.1) is 0 Å². The Morgan fingerprint density at radius 2 is 1.80 bits per heavy atom. The van der Waals surface area contributed by atoms with Gasteiger partial charge in [0.2, 0.25) is 0 Å². The van der Waals surface area contributed by atoms with Gasteiger partial charge in [-0.15, -0.1) is 0 Å². The molecule has 6 heteroatoms. The lowest BCUT2D eigenvalue weighted by Gasteiger charge is -2.16. The lowest BCUT2D eigenvalue weighted by atomic mass is 10.0. The third kappa shape index (κ3) is 5.54. The van der Waals surface area contributed by atoms with Crippen molar-refractivity contribution < 1.29 is 19.2 Å². The molecule has 5 nitrogen and oxygen atoms in total. The molecule has 84 valence electrons. The molecule has 4 N–H and O–H groups in total. The molecule has 0 aliphatic carbocycles. The van der Waals surface area contributed by atoms with Gasteiger partial charge in [-0.2, -0.15) is 0 Å². The van der Waals surface area contributed by atoms with E-state index >= 15 is 0 Å². The van der Waals surface area contributed by atoms with Gasteiger partial charge in [0.1, 0.15) is 0 Å². The lowest BCUT2D eigenvalue weighted by molar-refractivity contribution is 0.275. The van der Waals surface area contributed by atoms with E-state index in [1.54, 1.807) is 0 Å². The fourth-order valence-electron chi connectivity index (χ4n) is 1.41. The number of fused-ring (bicyclic) bond motifs is 1. The maximum absolute atomic E-state index is 8.88. The minimum Gasteiger partial charge on any atom is -0.385 e. The molecule has 0 spiro atoms. The van der Waals surface area contributed by atoms with Crippen molar-refractivity contribution in [2.75, 3.05) is 11.9 Å². The average molecular weight is 231 g/mol. The van der Waals surface area contributed by atoms with Crippen molar-refractivity contribution in [3.63, 3.8) is 0 Å². The minimum absolute atomic E-state index is 1.14. The third-order valence-corrected chi connectivity index (χ3v) is 1.96. The summed E-state index contributed by atoms with van der Waals surface area (Å²) in [4.78, 5) is 21.6. The Hall–Kier alpha value is -0.870. The highest BCUT2D eigenvalue weighted by Gasteiger charge is 2.04. The Morgan fingerprint density at radius 1 is 1.20 bits per heavy atom. The first-order valence-corrected chi connectivity index (χ1v) is 6.13. The van der Waals surface area contributed by atoms with Crippen LogP contribution in [0.1, 0.15) is 12.0 Å². The van der Waals surface area contributed by atoms with Gasteiger partial charge in [0.25, 0.3) is 0 Å². The van der Waals surface area contributed by atoms with Gasteiger partial charge >= 0.3 is 7.82 Å². The largest absolute Gasteiger partial charge is 0.466 e. The average Bonchev–Trinajstić information content (AvgIpc) is 2.16. The maximum atomic E-state index is 8.88. The van der Waals surface area contributed by atoms with E-state index in [-0.39, 0.29) is 0 Å². The summed E-state index contributed by atoms with van der Waals surface area (Å²) in [6, 6.07) is 8.53. The summed E-state index contributed by atoms with van der Waals surface area (Å²) in [5.41, 5.74) is 2.79. The second-order valence-electron chi connectivity index (χ2n) is 3.20. The standard InChI is InChI=1S/C9H11N.H3O4P/c1-2-6-9-8(4-1)5-3-7-10-9;1-5(2,3)4/h1-2,4,6,10H,3,5,7H2;(H3,1,2,3,4). The number of hydrogen-bond acceptors (Lipinski definition) is 2. The minimum atomic E-state index is -4.64. The molecule has 0 bridgehead atoms. The monoisotopic (exact) mass is 231 g/mol. The first-order chi connectivity index (χ1) is 6.97. The highest BCUT2D eigenvalue weighted by molar-refractivity contribution is 7.45. The van der Waals surface area contributed by atoms with Crippen molar-refractivity contribution >= 4 is 13.5 Å². The van der Waals surface area contributed by atoms with E-state index in [0.29, 0.717) is 0 Å². The predicted molar refractivity (Wildman–Crippen MR) is 57.5 cm³/mol. The zero-order valence-corrected chi connectivity index (χ0v) is 9.02. The van der Waals surface area contributed by atoms with E-state index in [4.69, 9.17) is 19.2 Å². The zero-order valence-electron chi connectivity index (χ0n) is 8.13. The molecule has 0 fully saturated rings. The van der Waals surface area contributed by atoms with Gasteiger partial charge in [0, 0.05) is 12.2 Å². The molecule has 0 unspecified atom stereocenters. The van der Waals surface area contributed by atoms with Crippen LogP contribution in [0, 0.1) is 0 Å². The maximum Gasteiger partial charge on any atom is 0.466 e. The molecular weight excluding hydrogens is 217 g/mol. The number of anilines is 1. The van der Waals surface area contributed by atoms with E-state index in [1.165, 1.54) is 24.1 Å². The first-order valence-electron chi connectivity index (χ1n) is 4.57. The van der Waals surface area contributed by atoms with Crippen molar-refractivity contribution in [1.82, 2.24) is 0 Å². The van der Waals surface area contributed by atoms with Crippen molar-refractivity contribution in [1.29, 1.82) is 0 Å². The first kappa shape index (κ1) is 12.2. The fourth-order valence-corrected chi connectivity index (χ4v) is 1.41. The predicted octanol–water partition coefficient (Wildman–Crippen LogP) is 1.12. The molecule has 1 aromatic carbocycles. The molecule has 1 aromatic rings. The van der Waals surface area contributed by atoms with Crippen LogP contribution in [0.3, 0.4) is 0 Å². The van der Waals surface area contributed by atoms with Crippen LogP contribution in [0.4, 0.5) is 5.69 Å². The normalized spacial score (nSPS) is 14.3. The van der Waals surface area contributed by atoms with E-state index in [9.17, 15) is 0 Å². The number of phosphoric acid groups is 1. The van der Waals surface area contributed by atoms with E-state index in [1.807, 2.05) is 0 Å². The Morgan fingerprint density at radius 3 is 2.40 bits per heavy atom. The number of aryl methyl sites for hydroxylation is 1. The fraction of sp³-hybridized carbons (Fsp3) is 0.333. The molecule has 0 amide bonds. The molecule has 1 aliphatic heterocycles. The second kappa shape index (κ2) is 5.28. The highest BCUT2D eigenvalue weighted by atomic mass is 31.2. The Bertz CT molecular complexity index is 330. The Labute approximate surface area is 88.0 Å². The van der Waals surface area contributed by atoms with Gasteiger partial charge in [-0.3, -0.25) is 0 Å². The van der Waals surface area contributed by atoms with Crippen molar-refractivity contribution in [3.05, 3.63) is 29.8 Å². The number of hydrogen-bond donors (Lipinski definition) is 4. The van der Waals surface area contributed by atoms with Crippen LogP contribution < -0.4 is 5.32 Å².